The molecule has 1 saturated heterocycles. The van der Waals surface area contributed by atoms with Gasteiger partial charge in [0, 0.05) is 13.2 Å². The SMILES string of the molecule is NCC1CC12CCCOCC2. The van der Waals surface area contributed by atoms with Gasteiger partial charge in [-0.3, -0.25) is 0 Å². The van der Waals surface area contributed by atoms with Crippen LogP contribution in [0.25, 0.3) is 0 Å². The maximum atomic E-state index is 5.65. The Morgan fingerprint density at radius 3 is 3.00 bits per heavy atom. The van der Waals surface area contributed by atoms with Gasteiger partial charge in [-0.25, -0.2) is 0 Å². The van der Waals surface area contributed by atoms with E-state index in [1.165, 1.54) is 25.7 Å². The Labute approximate surface area is 68.1 Å². The number of hydrogen-bond acceptors (Lipinski definition) is 2. The van der Waals surface area contributed by atoms with Crippen molar-refractivity contribution in [2.24, 2.45) is 17.1 Å². The highest BCUT2D eigenvalue weighted by atomic mass is 16.5. The second-order valence-electron chi connectivity index (χ2n) is 3.97. The molecule has 1 aliphatic carbocycles. The summed E-state index contributed by atoms with van der Waals surface area (Å²) >= 11 is 0. The standard InChI is InChI=1S/C9H17NO/c10-7-8-6-9(8)2-1-4-11-5-3-9/h8H,1-7,10H2. The molecule has 11 heavy (non-hydrogen) atoms. The van der Waals surface area contributed by atoms with Crippen molar-refractivity contribution in [1.29, 1.82) is 0 Å². The van der Waals surface area contributed by atoms with Crippen molar-refractivity contribution < 1.29 is 4.74 Å². The molecule has 1 aliphatic heterocycles. The van der Waals surface area contributed by atoms with Crippen LogP contribution < -0.4 is 5.73 Å². The minimum atomic E-state index is 0.630. The largest absolute Gasteiger partial charge is 0.381 e. The first kappa shape index (κ1) is 7.56. The lowest BCUT2D eigenvalue weighted by Crippen LogP contribution is -2.11. The molecule has 1 saturated carbocycles. The molecule has 2 unspecified atom stereocenters. The van der Waals surface area contributed by atoms with Gasteiger partial charge in [0.05, 0.1) is 0 Å². The van der Waals surface area contributed by atoms with Crippen LogP contribution in [0.2, 0.25) is 0 Å². The third-order valence-corrected chi connectivity index (χ3v) is 3.35. The summed E-state index contributed by atoms with van der Waals surface area (Å²) in [6.45, 7) is 2.83. The van der Waals surface area contributed by atoms with Crippen LogP contribution in [-0.2, 0) is 4.74 Å². The van der Waals surface area contributed by atoms with Crippen molar-refractivity contribution in [1.82, 2.24) is 0 Å². The van der Waals surface area contributed by atoms with E-state index in [9.17, 15) is 0 Å². The molecule has 2 aliphatic rings. The summed E-state index contributed by atoms with van der Waals surface area (Å²) in [6, 6.07) is 0. The summed E-state index contributed by atoms with van der Waals surface area (Å²) in [5.74, 6) is 0.823. The van der Waals surface area contributed by atoms with Crippen LogP contribution in [0.3, 0.4) is 0 Å². The van der Waals surface area contributed by atoms with E-state index in [0.717, 1.165) is 25.7 Å². The molecule has 2 atom stereocenters. The summed E-state index contributed by atoms with van der Waals surface area (Å²) in [5, 5.41) is 0. The lowest BCUT2D eigenvalue weighted by atomic mass is 9.94. The normalized spacial score (nSPS) is 43.9. The molecule has 0 radical (unpaired) electrons. The molecule has 2 nitrogen and oxygen atoms in total. The van der Waals surface area contributed by atoms with Crippen molar-refractivity contribution in [3.8, 4) is 0 Å². The van der Waals surface area contributed by atoms with Gasteiger partial charge in [0.15, 0.2) is 0 Å². The fraction of sp³-hybridized carbons (Fsp3) is 1.00. The van der Waals surface area contributed by atoms with Crippen molar-refractivity contribution >= 4 is 0 Å². The summed E-state index contributed by atoms with van der Waals surface area (Å²) in [5.41, 5.74) is 6.28. The molecule has 2 rings (SSSR count). The fourth-order valence-electron chi connectivity index (χ4n) is 2.41. The minimum Gasteiger partial charge on any atom is -0.381 e. The highest BCUT2D eigenvalue weighted by molar-refractivity contribution is 5.02. The van der Waals surface area contributed by atoms with Crippen LogP contribution in [0.5, 0.6) is 0 Å². The molecule has 0 aromatic rings. The topological polar surface area (TPSA) is 35.2 Å². The summed E-state index contributed by atoms with van der Waals surface area (Å²) in [4.78, 5) is 0. The lowest BCUT2D eigenvalue weighted by molar-refractivity contribution is 0.139. The van der Waals surface area contributed by atoms with E-state index in [1.807, 2.05) is 0 Å². The average molecular weight is 155 g/mol. The van der Waals surface area contributed by atoms with Crippen molar-refractivity contribution in [3.63, 3.8) is 0 Å². The second kappa shape index (κ2) is 2.76. The molecule has 64 valence electrons. The van der Waals surface area contributed by atoms with Crippen LogP contribution in [-0.4, -0.2) is 19.8 Å². The quantitative estimate of drug-likeness (QED) is 0.616. The van der Waals surface area contributed by atoms with Crippen molar-refractivity contribution in [2.75, 3.05) is 19.8 Å². The highest BCUT2D eigenvalue weighted by Crippen LogP contribution is 2.58. The number of rotatable bonds is 1. The summed E-state index contributed by atoms with van der Waals surface area (Å²) < 4.78 is 5.42. The van der Waals surface area contributed by atoms with E-state index in [0.29, 0.717) is 5.41 Å². The van der Waals surface area contributed by atoms with Gasteiger partial charge in [-0.15, -0.1) is 0 Å². The molecule has 0 amide bonds. The monoisotopic (exact) mass is 155 g/mol. The van der Waals surface area contributed by atoms with Crippen molar-refractivity contribution in [2.45, 2.75) is 25.7 Å². The minimum absolute atomic E-state index is 0.630. The van der Waals surface area contributed by atoms with E-state index < -0.39 is 0 Å². The van der Waals surface area contributed by atoms with E-state index in [1.54, 1.807) is 0 Å². The third kappa shape index (κ3) is 1.30. The first-order valence-corrected chi connectivity index (χ1v) is 4.65. The van der Waals surface area contributed by atoms with E-state index in [4.69, 9.17) is 10.5 Å². The van der Waals surface area contributed by atoms with E-state index in [-0.39, 0.29) is 0 Å². The molecule has 2 fully saturated rings. The van der Waals surface area contributed by atoms with Crippen LogP contribution in [0.1, 0.15) is 25.7 Å². The van der Waals surface area contributed by atoms with E-state index >= 15 is 0 Å². The Balaban J connectivity index is 1.92. The molecular formula is C9H17NO. The molecule has 0 aromatic heterocycles. The number of ether oxygens (including phenoxy) is 1. The Bertz CT molecular complexity index is 138. The fourth-order valence-corrected chi connectivity index (χ4v) is 2.41. The molecule has 2 N–H and O–H groups in total. The Morgan fingerprint density at radius 2 is 2.27 bits per heavy atom. The van der Waals surface area contributed by atoms with Gasteiger partial charge in [0.2, 0.25) is 0 Å². The maximum absolute atomic E-state index is 5.65. The third-order valence-electron chi connectivity index (χ3n) is 3.35. The van der Waals surface area contributed by atoms with Gasteiger partial charge in [0.25, 0.3) is 0 Å². The Hall–Kier alpha value is -0.0800. The Kier molecular flexibility index (Phi) is 1.90. The zero-order chi connectivity index (χ0) is 7.73. The van der Waals surface area contributed by atoms with Crippen LogP contribution in [0.4, 0.5) is 0 Å². The summed E-state index contributed by atoms with van der Waals surface area (Å²) in [6.07, 6.45) is 5.23. The average Bonchev–Trinajstić information content (AvgIpc) is 2.76. The molecule has 1 heterocycles. The first-order valence-electron chi connectivity index (χ1n) is 4.65. The molecular weight excluding hydrogens is 138 g/mol. The van der Waals surface area contributed by atoms with Gasteiger partial charge in [-0.2, -0.15) is 0 Å². The van der Waals surface area contributed by atoms with Crippen LogP contribution >= 0.6 is 0 Å². The molecule has 0 aromatic carbocycles. The predicted molar refractivity (Wildman–Crippen MR) is 44.3 cm³/mol. The molecule has 0 bridgehead atoms. The van der Waals surface area contributed by atoms with Crippen LogP contribution in [0, 0.1) is 11.3 Å². The predicted octanol–water partition coefficient (Wildman–Crippen LogP) is 1.15. The zero-order valence-electron chi connectivity index (χ0n) is 7.01. The van der Waals surface area contributed by atoms with Gasteiger partial charge in [0.1, 0.15) is 0 Å². The number of hydrogen-bond donors (Lipinski definition) is 1. The van der Waals surface area contributed by atoms with Gasteiger partial charge in [-0.05, 0) is 43.6 Å². The number of nitrogens with two attached hydrogens (primary N) is 1. The first-order chi connectivity index (χ1) is 5.37. The van der Waals surface area contributed by atoms with Crippen LogP contribution in [0.15, 0.2) is 0 Å². The van der Waals surface area contributed by atoms with Gasteiger partial charge >= 0.3 is 0 Å². The highest BCUT2D eigenvalue weighted by Gasteiger charge is 2.52. The molecule has 2 heteroatoms. The Morgan fingerprint density at radius 1 is 1.36 bits per heavy atom. The van der Waals surface area contributed by atoms with E-state index in [2.05, 4.69) is 0 Å². The second-order valence-corrected chi connectivity index (χ2v) is 3.97. The van der Waals surface area contributed by atoms with Gasteiger partial charge in [-0.1, -0.05) is 0 Å². The zero-order valence-corrected chi connectivity index (χ0v) is 7.01. The molecule has 1 spiro atoms. The van der Waals surface area contributed by atoms with Crippen molar-refractivity contribution in [3.05, 3.63) is 0 Å². The maximum Gasteiger partial charge on any atom is 0.0471 e. The smallest absolute Gasteiger partial charge is 0.0471 e. The van der Waals surface area contributed by atoms with Gasteiger partial charge < -0.3 is 10.5 Å². The summed E-state index contributed by atoms with van der Waals surface area (Å²) in [7, 11) is 0. The lowest BCUT2D eigenvalue weighted by Gasteiger charge is -2.11.